The van der Waals surface area contributed by atoms with Gasteiger partial charge in [0.25, 0.3) is 0 Å². The minimum absolute atomic E-state index is 0. The van der Waals surface area contributed by atoms with Crippen molar-refractivity contribution in [3.63, 3.8) is 0 Å². The van der Waals surface area contributed by atoms with E-state index in [0.29, 0.717) is 23.0 Å². The number of hydrogen-bond acceptors (Lipinski definition) is 16. The number of aromatic nitrogens is 2. The van der Waals surface area contributed by atoms with Crippen LogP contribution in [0.4, 0.5) is 0 Å². The first-order valence-corrected chi connectivity index (χ1v) is 20.9. The molecule has 0 fully saturated rings. The summed E-state index contributed by atoms with van der Waals surface area (Å²) in [6.45, 7) is 12.9. The summed E-state index contributed by atoms with van der Waals surface area (Å²) in [5.41, 5.74) is -0.248. The maximum atomic E-state index is 12.2. The fourth-order valence-electron chi connectivity index (χ4n) is 4.18. The number of ether oxygens (including phenoxy) is 4. The summed E-state index contributed by atoms with van der Waals surface area (Å²) in [6, 6.07) is 27.7. The zero-order chi connectivity index (χ0) is 52.2. The Kier molecular flexibility index (Phi) is 42.5. The first-order chi connectivity index (χ1) is 32.1. The molecule has 6 rings (SSSR count). The Bertz CT molecular complexity index is 1910. The second-order valence-corrected chi connectivity index (χ2v) is 14.4. The van der Waals surface area contributed by atoms with Crippen molar-refractivity contribution in [2.45, 2.75) is 79.8 Å². The zero-order valence-corrected chi connectivity index (χ0v) is 44.7. The molecule has 0 aliphatic carbocycles. The van der Waals surface area contributed by atoms with Crippen LogP contribution >= 0.6 is 0 Å². The van der Waals surface area contributed by atoms with Crippen LogP contribution < -0.4 is 59.8 Å². The molecule has 4 aromatic carbocycles. The Labute approximate surface area is 442 Å². The number of ketones is 2. The Morgan fingerprint density at radius 2 is 0.543 bits per heavy atom. The van der Waals surface area contributed by atoms with E-state index in [1.54, 1.807) is 80.2 Å². The van der Waals surface area contributed by atoms with Crippen molar-refractivity contribution in [2.24, 2.45) is 0 Å². The molecular formula is C52H62N2O14Ti2. The molecule has 0 aliphatic rings. The molecule has 0 saturated heterocycles. The number of rotatable bonds is 8. The van der Waals surface area contributed by atoms with Crippen LogP contribution in [0.15, 0.2) is 134 Å². The fourth-order valence-corrected chi connectivity index (χ4v) is 4.18. The second kappa shape index (κ2) is 42.1. The minimum Gasteiger partial charge on any atom is -0.872 e. The van der Waals surface area contributed by atoms with E-state index in [-0.39, 0.29) is 65.7 Å². The quantitative estimate of drug-likeness (QED) is 0.156. The summed E-state index contributed by atoms with van der Waals surface area (Å²) in [5.74, 6) is -1.68. The van der Waals surface area contributed by atoms with Crippen LogP contribution in [0, 0.1) is 0 Å². The number of nitrogens with zero attached hydrogens (tertiary/aromatic N) is 2. The SMILES string of the molecule is CC(C)[O-].CC(C)[O-].CC(C)[O-].CC(C)[O-].COc1ccc(C(=O)c2ccc(OC)cc2[O-])c([O-])c1.COc1ccc(C(=O)c2ccc(OC)cc2[O-])c([O-])c1.[Ti+4].[Ti+4].c1ccncc1.c1ccncc1. The molecule has 0 atom stereocenters. The van der Waals surface area contributed by atoms with Gasteiger partial charge in [-0.3, -0.25) is 19.6 Å². The molecule has 2 aromatic heterocycles. The predicted molar refractivity (Wildman–Crippen MR) is 246 cm³/mol. The van der Waals surface area contributed by atoms with E-state index < -0.39 is 59.0 Å². The number of pyridine rings is 2. The van der Waals surface area contributed by atoms with E-state index in [0.717, 1.165) is 0 Å². The molecule has 2 heterocycles. The Morgan fingerprint density at radius 3 is 0.643 bits per heavy atom. The third-order valence-corrected chi connectivity index (χ3v) is 6.87. The van der Waals surface area contributed by atoms with Crippen molar-refractivity contribution in [1.29, 1.82) is 0 Å². The maximum Gasteiger partial charge on any atom is 4.00 e. The normalized spacial score (nSPS) is 9.20. The first kappa shape index (κ1) is 70.7. The summed E-state index contributed by atoms with van der Waals surface area (Å²) < 4.78 is 19.6. The van der Waals surface area contributed by atoms with Crippen LogP contribution in [0.5, 0.6) is 46.0 Å². The van der Waals surface area contributed by atoms with Gasteiger partial charge in [-0.1, -0.05) is 90.5 Å². The second-order valence-electron chi connectivity index (χ2n) is 14.4. The standard InChI is InChI=1S/2C15H14O5.2C5H5N.4C3H7O.2Ti/c2*1-19-9-3-5-11(13(16)7-9)15(18)12-6-4-10(20-2)8-14(12)17;2*1-2-4-6-5-3-1;4*1-3(2)4;;/h2*3-8,16-17H,1-2H3;2*1-5H;4*3H,1-2H3;;/q;;;;4*-1;2*+4/p-4. The Morgan fingerprint density at radius 1 is 0.371 bits per heavy atom. The van der Waals surface area contributed by atoms with Crippen LogP contribution in [0.1, 0.15) is 87.2 Å². The van der Waals surface area contributed by atoms with E-state index in [2.05, 4.69) is 9.97 Å². The summed E-state index contributed by atoms with van der Waals surface area (Å²) in [6.07, 6.45) is 5.33. The Balaban J connectivity index is -0.000000399. The van der Waals surface area contributed by atoms with Crippen molar-refractivity contribution in [1.82, 2.24) is 9.97 Å². The third kappa shape index (κ3) is 34.5. The van der Waals surface area contributed by atoms with E-state index in [1.807, 2.05) is 36.4 Å². The number of carbonyl (C=O) groups excluding carboxylic acids is 2. The molecule has 6 aromatic rings. The molecule has 0 unspecified atom stereocenters. The average molecular weight is 1030 g/mol. The van der Waals surface area contributed by atoms with E-state index >= 15 is 0 Å². The van der Waals surface area contributed by atoms with Gasteiger partial charge in [-0.25, -0.2) is 0 Å². The van der Waals surface area contributed by atoms with Gasteiger partial charge < -0.3 is 59.8 Å². The summed E-state index contributed by atoms with van der Waals surface area (Å²) in [5, 5.41) is 85.4. The van der Waals surface area contributed by atoms with Gasteiger partial charge in [0, 0.05) is 47.0 Å². The predicted octanol–water partition coefficient (Wildman–Crippen LogP) is 3.34. The molecule has 0 amide bonds. The molecule has 0 bridgehead atoms. The summed E-state index contributed by atoms with van der Waals surface area (Å²) in [7, 11) is 5.70. The van der Waals surface area contributed by atoms with Crippen LogP contribution in [0.25, 0.3) is 0 Å². The van der Waals surface area contributed by atoms with Crippen molar-refractivity contribution in [2.75, 3.05) is 28.4 Å². The van der Waals surface area contributed by atoms with Gasteiger partial charge in [0.15, 0.2) is 11.6 Å². The van der Waals surface area contributed by atoms with Gasteiger partial charge in [0.1, 0.15) is 23.0 Å². The number of methoxy groups -OCH3 is 4. The molecule has 18 heteroatoms. The average Bonchev–Trinajstić information content (AvgIpc) is 3.29. The summed E-state index contributed by atoms with van der Waals surface area (Å²) in [4.78, 5) is 32.0. The topological polar surface area (TPSA) is 281 Å². The molecule has 372 valence electrons. The van der Waals surface area contributed by atoms with E-state index in [9.17, 15) is 50.4 Å². The smallest absolute Gasteiger partial charge is 0.872 e. The van der Waals surface area contributed by atoms with Gasteiger partial charge in [-0.05, 0) is 97.1 Å². The zero-order valence-electron chi connectivity index (χ0n) is 41.6. The van der Waals surface area contributed by atoms with Crippen LogP contribution in [-0.4, -0.2) is 74.4 Å². The number of hydrogen-bond donors (Lipinski definition) is 0. The van der Waals surface area contributed by atoms with Crippen LogP contribution in [-0.2, 0) is 43.4 Å². The largest absolute Gasteiger partial charge is 4.00 e. The van der Waals surface area contributed by atoms with Crippen molar-refractivity contribution >= 4 is 11.6 Å². The molecule has 0 N–H and O–H groups in total. The van der Waals surface area contributed by atoms with Gasteiger partial charge in [0.05, 0.1) is 28.4 Å². The van der Waals surface area contributed by atoms with E-state index in [4.69, 9.17) is 18.9 Å². The van der Waals surface area contributed by atoms with Gasteiger partial charge >= 0.3 is 43.4 Å². The molecule has 0 spiro atoms. The molecule has 0 aliphatic heterocycles. The maximum absolute atomic E-state index is 12.2. The minimum atomic E-state index is -0.606. The molecule has 0 radical (unpaired) electrons. The van der Waals surface area contributed by atoms with Gasteiger partial charge in [-0.2, -0.15) is 0 Å². The van der Waals surface area contributed by atoms with Gasteiger partial charge in [-0.15, -0.1) is 24.4 Å². The molecule has 0 saturated carbocycles. The molecule has 16 nitrogen and oxygen atoms in total. The van der Waals surface area contributed by atoms with Crippen molar-refractivity contribution in [3.8, 4) is 46.0 Å². The van der Waals surface area contributed by atoms with Crippen LogP contribution in [0.3, 0.4) is 0 Å². The fraction of sp³-hybridized carbons (Fsp3) is 0.308. The van der Waals surface area contributed by atoms with Crippen LogP contribution in [0.2, 0.25) is 0 Å². The summed E-state index contributed by atoms with van der Waals surface area (Å²) >= 11 is 0. The van der Waals surface area contributed by atoms with E-state index in [1.165, 1.54) is 101 Å². The van der Waals surface area contributed by atoms with Gasteiger partial charge in [0.2, 0.25) is 0 Å². The third-order valence-electron chi connectivity index (χ3n) is 6.87. The first-order valence-electron chi connectivity index (χ1n) is 20.9. The number of carbonyl (C=O) groups is 2. The Hall–Kier alpha value is -5.81. The monoisotopic (exact) mass is 1030 g/mol. The number of benzene rings is 4. The molecular weight excluding hydrogens is 972 g/mol. The van der Waals surface area contributed by atoms with Crippen molar-refractivity contribution in [3.05, 3.63) is 156 Å². The molecule has 70 heavy (non-hydrogen) atoms. The van der Waals surface area contributed by atoms with Crippen molar-refractivity contribution < 1.29 is 113 Å².